The van der Waals surface area contributed by atoms with Crippen LogP contribution in [0.25, 0.3) is 0 Å². The molecule has 0 aromatic carbocycles. The summed E-state index contributed by atoms with van der Waals surface area (Å²) in [7, 11) is -5.65. The second-order valence-corrected chi connectivity index (χ2v) is 8.62. The molecule has 0 bridgehead atoms. The van der Waals surface area contributed by atoms with Gasteiger partial charge in [-0.3, -0.25) is 4.18 Å². The van der Waals surface area contributed by atoms with Crippen molar-refractivity contribution in [2.75, 3.05) is 6.54 Å². The molecule has 1 amide bonds. The highest BCUT2D eigenvalue weighted by Crippen LogP contribution is 2.34. The fraction of sp³-hybridized carbons (Fsp3) is 0.923. The lowest BCUT2D eigenvalue weighted by atomic mass is 9.89. The predicted molar refractivity (Wildman–Crippen MR) is 76.1 cm³/mol. The van der Waals surface area contributed by atoms with Gasteiger partial charge in [-0.2, -0.15) is 21.6 Å². The highest BCUT2D eigenvalue weighted by molar-refractivity contribution is 7.87. The second kappa shape index (κ2) is 6.12. The first-order valence-electron chi connectivity index (χ1n) is 7.05. The quantitative estimate of drug-likeness (QED) is 0.558. The van der Waals surface area contributed by atoms with E-state index in [1.54, 1.807) is 34.6 Å². The topological polar surface area (TPSA) is 72.9 Å². The zero-order valence-electron chi connectivity index (χ0n) is 13.7. The number of carbonyl (C=O) groups is 1. The standard InChI is InChI=1S/C13H22F3NO5S/c1-11(2,3)21-10(18)17-7-6-9(8-12(17,4)5)22-23(19,20)13(14,15)16/h9H,6-8H2,1-5H3. The summed E-state index contributed by atoms with van der Waals surface area (Å²) in [5.74, 6) is 0. The largest absolute Gasteiger partial charge is 0.523 e. The van der Waals surface area contributed by atoms with E-state index in [0.29, 0.717) is 0 Å². The van der Waals surface area contributed by atoms with E-state index in [-0.39, 0.29) is 19.4 Å². The third-order valence-electron chi connectivity index (χ3n) is 3.29. The zero-order chi connectivity index (χ0) is 18.3. The molecule has 1 saturated heterocycles. The van der Waals surface area contributed by atoms with Crippen molar-refractivity contribution in [3.8, 4) is 0 Å². The summed E-state index contributed by atoms with van der Waals surface area (Å²) in [5.41, 5.74) is -7.06. The fourth-order valence-corrected chi connectivity index (χ4v) is 2.95. The van der Waals surface area contributed by atoms with Crippen LogP contribution in [0.4, 0.5) is 18.0 Å². The number of likely N-dealkylation sites (tertiary alicyclic amines) is 1. The van der Waals surface area contributed by atoms with E-state index in [9.17, 15) is 26.4 Å². The summed E-state index contributed by atoms with van der Waals surface area (Å²) < 4.78 is 68.8. The maximum Gasteiger partial charge on any atom is 0.523 e. The Morgan fingerprint density at radius 3 is 2.13 bits per heavy atom. The van der Waals surface area contributed by atoms with Crippen LogP contribution in [0.2, 0.25) is 0 Å². The number of hydrogen-bond donors (Lipinski definition) is 0. The number of rotatable bonds is 2. The number of halogens is 3. The Morgan fingerprint density at radius 2 is 1.74 bits per heavy atom. The molecule has 136 valence electrons. The molecular weight excluding hydrogens is 339 g/mol. The molecule has 1 heterocycles. The van der Waals surface area contributed by atoms with Gasteiger partial charge in [0.25, 0.3) is 0 Å². The number of ether oxygens (including phenoxy) is 1. The Hall–Kier alpha value is -1.03. The summed E-state index contributed by atoms with van der Waals surface area (Å²) in [6.07, 6.45) is -1.82. The zero-order valence-corrected chi connectivity index (χ0v) is 14.5. The molecule has 1 aliphatic rings. The maximum absolute atomic E-state index is 12.4. The van der Waals surface area contributed by atoms with Gasteiger partial charge < -0.3 is 9.64 Å². The van der Waals surface area contributed by atoms with Crippen molar-refractivity contribution in [3.63, 3.8) is 0 Å². The molecule has 0 aromatic rings. The van der Waals surface area contributed by atoms with Gasteiger partial charge in [-0.25, -0.2) is 4.79 Å². The van der Waals surface area contributed by atoms with E-state index >= 15 is 0 Å². The van der Waals surface area contributed by atoms with Gasteiger partial charge >= 0.3 is 21.7 Å². The summed E-state index contributed by atoms with van der Waals surface area (Å²) in [6.45, 7) is 8.37. The lowest BCUT2D eigenvalue weighted by molar-refractivity contribution is -0.0654. The van der Waals surface area contributed by atoms with Crippen molar-refractivity contribution in [2.24, 2.45) is 0 Å². The van der Waals surface area contributed by atoms with Crippen LogP contribution >= 0.6 is 0 Å². The Labute approximate surface area is 134 Å². The van der Waals surface area contributed by atoms with Crippen molar-refractivity contribution < 1.29 is 35.3 Å². The van der Waals surface area contributed by atoms with Crippen LogP contribution < -0.4 is 0 Å². The van der Waals surface area contributed by atoms with Crippen LogP contribution in [0.5, 0.6) is 0 Å². The van der Waals surface area contributed by atoms with Gasteiger partial charge in [0.2, 0.25) is 0 Å². The van der Waals surface area contributed by atoms with E-state index in [1.807, 2.05) is 0 Å². The predicted octanol–water partition coefficient (Wildman–Crippen LogP) is 3.03. The molecule has 1 atom stereocenters. The first kappa shape index (κ1) is 20.0. The highest BCUT2D eigenvalue weighted by Gasteiger charge is 2.50. The molecule has 1 unspecified atom stereocenters. The van der Waals surface area contributed by atoms with E-state index < -0.39 is 39.0 Å². The lowest BCUT2D eigenvalue weighted by Crippen LogP contribution is -2.56. The van der Waals surface area contributed by atoms with Crippen LogP contribution in [0.3, 0.4) is 0 Å². The van der Waals surface area contributed by atoms with E-state index in [4.69, 9.17) is 4.74 Å². The molecular formula is C13H22F3NO5S. The van der Waals surface area contributed by atoms with Crippen LogP contribution in [0.15, 0.2) is 0 Å². The number of amides is 1. The van der Waals surface area contributed by atoms with Gasteiger partial charge in [-0.15, -0.1) is 0 Å². The Kier molecular flexibility index (Phi) is 5.32. The lowest BCUT2D eigenvalue weighted by Gasteiger charge is -2.45. The number of nitrogens with zero attached hydrogens (tertiary/aromatic N) is 1. The van der Waals surface area contributed by atoms with Gasteiger partial charge in [-0.05, 0) is 47.5 Å². The van der Waals surface area contributed by atoms with Crippen LogP contribution in [0, 0.1) is 0 Å². The molecule has 1 aliphatic heterocycles. The maximum atomic E-state index is 12.4. The molecule has 10 heteroatoms. The van der Waals surface area contributed by atoms with Crippen molar-refractivity contribution in [3.05, 3.63) is 0 Å². The minimum atomic E-state index is -5.65. The molecule has 1 rings (SSSR count). The molecule has 23 heavy (non-hydrogen) atoms. The highest BCUT2D eigenvalue weighted by atomic mass is 32.2. The summed E-state index contributed by atoms with van der Waals surface area (Å²) in [4.78, 5) is 13.5. The van der Waals surface area contributed by atoms with Crippen molar-refractivity contribution in [1.29, 1.82) is 0 Å². The summed E-state index contributed by atoms with van der Waals surface area (Å²) >= 11 is 0. The Balaban J connectivity index is 2.80. The molecule has 0 aliphatic carbocycles. The molecule has 0 N–H and O–H groups in total. The Morgan fingerprint density at radius 1 is 1.22 bits per heavy atom. The smallest absolute Gasteiger partial charge is 0.444 e. The van der Waals surface area contributed by atoms with Gasteiger partial charge in [-0.1, -0.05) is 0 Å². The van der Waals surface area contributed by atoms with Gasteiger partial charge in [0.15, 0.2) is 0 Å². The SMILES string of the molecule is CC(C)(C)OC(=O)N1CCC(OS(=O)(=O)C(F)(F)F)CC1(C)C. The van der Waals surface area contributed by atoms with Gasteiger partial charge in [0.1, 0.15) is 5.60 Å². The van der Waals surface area contributed by atoms with E-state index in [1.165, 1.54) is 4.90 Å². The third-order valence-corrected chi connectivity index (χ3v) is 4.39. The minimum absolute atomic E-state index is 0.0298. The van der Waals surface area contributed by atoms with Crippen molar-refractivity contribution in [1.82, 2.24) is 4.90 Å². The second-order valence-electron chi connectivity index (χ2n) is 7.06. The molecule has 0 saturated carbocycles. The van der Waals surface area contributed by atoms with E-state index in [0.717, 1.165) is 0 Å². The van der Waals surface area contributed by atoms with Crippen LogP contribution in [0.1, 0.15) is 47.5 Å². The molecule has 0 spiro atoms. The average Bonchev–Trinajstić information content (AvgIpc) is 2.22. The third kappa shape index (κ3) is 5.23. The average molecular weight is 361 g/mol. The van der Waals surface area contributed by atoms with Crippen molar-refractivity contribution in [2.45, 2.75) is 70.2 Å². The molecule has 0 radical (unpaired) electrons. The van der Waals surface area contributed by atoms with Gasteiger partial charge in [0.05, 0.1) is 6.10 Å². The normalized spacial score (nSPS) is 22.8. The van der Waals surface area contributed by atoms with Crippen LogP contribution in [-0.2, 0) is 19.0 Å². The van der Waals surface area contributed by atoms with Gasteiger partial charge in [0, 0.05) is 12.1 Å². The summed E-state index contributed by atoms with van der Waals surface area (Å²) in [5, 5.41) is 0. The fourth-order valence-electron chi connectivity index (χ4n) is 2.32. The monoisotopic (exact) mass is 361 g/mol. The summed E-state index contributed by atoms with van der Waals surface area (Å²) in [6, 6.07) is 0. The number of carbonyl (C=O) groups excluding carboxylic acids is 1. The molecule has 6 nitrogen and oxygen atoms in total. The molecule has 0 aromatic heterocycles. The number of alkyl halides is 3. The first-order valence-corrected chi connectivity index (χ1v) is 8.46. The van der Waals surface area contributed by atoms with Crippen LogP contribution in [-0.4, -0.2) is 48.7 Å². The first-order chi connectivity index (χ1) is 10.1. The minimum Gasteiger partial charge on any atom is -0.444 e. The Bertz CT molecular complexity index is 551. The number of piperidine rings is 1. The molecule has 1 fully saturated rings. The van der Waals surface area contributed by atoms with E-state index in [2.05, 4.69) is 4.18 Å². The van der Waals surface area contributed by atoms with Crippen molar-refractivity contribution >= 4 is 16.2 Å². The number of hydrogen-bond acceptors (Lipinski definition) is 5.